The summed E-state index contributed by atoms with van der Waals surface area (Å²) in [5.74, 6) is -0.0207. The lowest BCUT2D eigenvalue weighted by Gasteiger charge is -2.22. The first-order chi connectivity index (χ1) is 37.0. The highest BCUT2D eigenvalue weighted by atomic mass is 16.5. The number of ether oxygens (including phenoxy) is 1. The van der Waals surface area contributed by atoms with Gasteiger partial charge >= 0.3 is 5.97 Å². The molecule has 0 aromatic heterocycles. The fourth-order valence-corrected chi connectivity index (χ4v) is 10.7. The van der Waals surface area contributed by atoms with Crippen LogP contribution in [0.2, 0.25) is 0 Å². The minimum absolute atomic E-state index is 0.00934. The maximum absolute atomic E-state index is 12.5. The molecule has 0 heterocycles. The van der Waals surface area contributed by atoms with Crippen molar-refractivity contribution in [2.24, 2.45) is 0 Å². The quantitative estimate of drug-likeness (QED) is 0.0320. The van der Waals surface area contributed by atoms with Gasteiger partial charge in [0.15, 0.2) is 0 Å². The standard InChI is InChI=1S/C69H133NO5/c1-3-5-7-9-11-13-15-42-45-49-53-57-61-67(72)66(65-71)70-68(73)62-58-54-50-46-43-39-37-35-33-31-29-27-25-23-21-19-17-16-18-20-22-24-26-28-30-32-34-36-38-40-44-48-52-56-60-64-75-69(74)63-59-55-51-47-41-14-12-10-8-6-4-2/h10,12,18,20,66-67,71-72H,3-9,11,13-17,19,21-65H2,1-2H3,(H,70,73)/b12-10-,20-18-. The Hall–Kier alpha value is -1.66. The van der Waals surface area contributed by atoms with Gasteiger partial charge in [-0.15, -0.1) is 0 Å². The molecular weight excluding hydrogens is 923 g/mol. The second-order valence-electron chi connectivity index (χ2n) is 23.5. The summed E-state index contributed by atoms with van der Waals surface area (Å²) < 4.78 is 5.47. The van der Waals surface area contributed by atoms with Crippen LogP contribution in [0.3, 0.4) is 0 Å². The molecular formula is C69H133NO5. The summed E-state index contributed by atoms with van der Waals surface area (Å²) in [5, 5.41) is 23.3. The fourth-order valence-electron chi connectivity index (χ4n) is 10.7. The highest BCUT2D eigenvalue weighted by Gasteiger charge is 2.20. The van der Waals surface area contributed by atoms with Gasteiger partial charge in [0.1, 0.15) is 0 Å². The molecule has 0 aliphatic heterocycles. The molecule has 444 valence electrons. The van der Waals surface area contributed by atoms with Gasteiger partial charge in [-0.3, -0.25) is 9.59 Å². The molecule has 0 spiro atoms. The average molecular weight is 1060 g/mol. The van der Waals surface area contributed by atoms with Crippen LogP contribution < -0.4 is 5.32 Å². The molecule has 0 aliphatic rings. The van der Waals surface area contributed by atoms with Gasteiger partial charge in [0.05, 0.1) is 25.4 Å². The molecule has 0 aromatic rings. The lowest BCUT2D eigenvalue weighted by atomic mass is 10.0. The normalized spacial score (nSPS) is 12.6. The molecule has 0 rings (SSSR count). The van der Waals surface area contributed by atoms with E-state index in [1.165, 1.54) is 302 Å². The molecule has 0 fully saturated rings. The number of unbranched alkanes of at least 4 members (excludes halogenated alkanes) is 49. The van der Waals surface area contributed by atoms with Crippen LogP contribution in [0.4, 0.5) is 0 Å². The predicted molar refractivity (Wildman–Crippen MR) is 329 cm³/mol. The summed E-state index contributed by atoms with van der Waals surface area (Å²) in [4.78, 5) is 24.5. The van der Waals surface area contributed by atoms with Gasteiger partial charge in [-0.25, -0.2) is 0 Å². The van der Waals surface area contributed by atoms with Gasteiger partial charge in [0.2, 0.25) is 5.91 Å². The first-order valence-electron chi connectivity index (χ1n) is 34.1. The van der Waals surface area contributed by atoms with Gasteiger partial charge in [0.25, 0.3) is 0 Å². The number of hydrogen-bond acceptors (Lipinski definition) is 5. The molecule has 2 unspecified atom stereocenters. The Morgan fingerprint density at radius 2 is 0.640 bits per heavy atom. The van der Waals surface area contributed by atoms with E-state index >= 15 is 0 Å². The first-order valence-corrected chi connectivity index (χ1v) is 34.1. The van der Waals surface area contributed by atoms with E-state index in [9.17, 15) is 19.8 Å². The summed E-state index contributed by atoms with van der Waals surface area (Å²) in [5.41, 5.74) is 0. The third-order valence-corrected chi connectivity index (χ3v) is 16.0. The highest BCUT2D eigenvalue weighted by Crippen LogP contribution is 2.18. The van der Waals surface area contributed by atoms with E-state index in [0.717, 1.165) is 44.9 Å². The molecule has 0 saturated carbocycles. The molecule has 6 nitrogen and oxygen atoms in total. The molecule has 0 aliphatic carbocycles. The largest absolute Gasteiger partial charge is 0.466 e. The second-order valence-corrected chi connectivity index (χ2v) is 23.5. The Kier molecular flexibility index (Phi) is 63.4. The van der Waals surface area contributed by atoms with E-state index in [2.05, 4.69) is 43.5 Å². The predicted octanol–water partition coefficient (Wildman–Crippen LogP) is 21.8. The third-order valence-electron chi connectivity index (χ3n) is 16.0. The van der Waals surface area contributed by atoms with Gasteiger partial charge in [0, 0.05) is 12.8 Å². The Bertz CT molecular complexity index is 1170. The number of esters is 1. The number of rotatable bonds is 64. The number of hydrogen-bond donors (Lipinski definition) is 3. The van der Waals surface area contributed by atoms with E-state index in [-0.39, 0.29) is 18.5 Å². The SMILES string of the molecule is CCCC/C=C\CCCCCCCC(=O)OCCCCCCCCCCCCCCCC/C=C\CCCCCCCCCCCCCCCCCCCC(=O)NC(CO)C(O)CCCCCCCCCCCCCC. The smallest absolute Gasteiger partial charge is 0.305 e. The third kappa shape index (κ3) is 61.4. The second kappa shape index (κ2) is 64.9. The summed E-state index contributed by atoms with van der Waals surface area (Å²) in [6.45, 7) is 4.93. The molecule has 1 amide bonds. The van der Waals surface area contributed by atoms with Gasteiger partial charge in [-0.1, -0.05) is 321 Å². The minimum Gasteiger partial charge on any atom is -0.466 e. The molecule has 3 N–H and O–H groups in total. The Morgan fingerprint density at radius 1 is 0.360 bits per heavy atom. The molecule has 75 heavy (non-hydrogen) atoms. The monoisotopic (exact) mass is 1060 g/mol. The highest BCUT2D eigenvalue weighted by molar-refractivity contribution is 5.76. The zero-order valence-corrected chi connectivity index (χ0v) is 50.8. The molecule has 2 atom stereocenters. The van der Waals surface area contributed by atoms with Crippen molar-refractivity contribution in [3.8, 4) is 0 Å². The maximum atomic E-state index is 12.5. The van der Waals surface area contributed by atoms with Crippen LogP contribution in [-0.2, 0) is 14.3 Å². The van der Waals surface area contributed by atoms with E-state index in [4.69, 9.17) is 4.74 Å². The van der Waals surface area contributed by atoms with Crippen molar-refractivity contribution >= 4 is 11.9 Å². The number of amides is 1. The van der Waals surface area contributed by atoms with E-state index in [0.29, 0.717) is 25.9 Å². The Labute approximate surface area is 469 Å². The number of aliphatic hydroxyl groups excluding tert-OH is 2. The number of allylic oxidation sites excluding steroid dienone is 4. The van der Waals surface area contributed by atoms with Crippen LogP contribution >= 0.6 is 0 Å². The lowest BCUT2D eigenvalue weighted by molar-refractivity contribution is -0.143. The van der Waals surface area contributed by atoms with Gasteiger partial charge < -0.3 is 20.3 Å². The van der Waals surface area contributed by atoms with Crippen LogP contribution in [-0.4, -0.2) is 47.4 Å². The van der Waals surface area contributed by atoms with E-state index in [1.807, 2.05) is 0 Å². The molecule has 0 radical (unpaired) electrons. The number of aliphatic hydroxyl groups is 2. The number of carbonyl (C=O) groups excluding carboxylic acids is 2. The van der Waals surface area contributed by atoms with Crippen LogP contribution in [0.15, 0.2) is 24.3 Å². The van der Waals surface area contributed by atoms with Crippen molar-refractivity contribution in [2.75, 3.05) is 13.2 Å². The maximum Gasteiger partial charge on any atom is 0.305 e. The fraction of sp³-hybridized carbons (Fsp3) is 0.913. The zero-order chi connectivity index (χ0) is 54.3. The Balaban J connectivity index is 3.32. The van der Waals surface area contributed by atoms with Gasteiger partial charge in [-0.05, 0) is 70.6 Å². The molecule has 6 heteroatoms. The summed E-state index contributed by atoms with van der Waals surface area (Å²) >= 11 is 0. The molecule has 0 aromatic carbocycles. The van der Waals surface area contributed by atoms with Crippen LogP contribution in [0.5, 0.6) is 0 Å². The van der Waals surface area contributed by atoms with Crippen molar-refractivity contribution in [3.63, 3.8) is 0 Å². The van der Waals surface area contributed by atoms with Crippen molar-refractivity contribution in [2.45, 2.75) is 392 Å². The van der Waals surface area contributed by atoms with E-state index < -0.39 is 12.1 Å². The lowest BCUT2D eigenvalue weighted by Crippen LogP contribution is -2.45. The Morgan fingerprint density at radius 3 is 0.987 bits per heavy atom. The van der Waals surface area contributed by atoms with Crippen LogP contribution in [0.1, 0.15) is 380 Å². The number of carbonyl (C=O) groups is 2. The number of nitrogens with one attached hydrogen (secondary N) is 1. The summed E-state index contributed by atoms with van der Waals surface area (Å²) in [7, 11) is 0. The van der Waals surface area contributed by atoms with Crippen molar-refractivity contribution < 1.29 is 24.5 Å². The summed E-state index contributed by atoms with van der Waals surface area (Å²) in [6.07, 6.45) is 80.9. The van der Waals surface area contributed by atoms with Crippen LogP contribution in [0, 0.1) is 0 Å². The van der Waals surface area contributed by atoms with Gasteiger partial charge in [-0.2, -0.15) is 0 Å². The topological polar surface area (TPSA) is 95.9 Å². The van der Waals surface area contributed by atoms with E-state index in [1.54, 1.807) is 0 Å². The van der Waals surface area contributed by atoms with Crippen molar-refractivity contribution in [1.29, 1.82) is 0 Å². The molecule has 0 bridgehead atoms. The minimum atomic E-state index is -0.660. The van der Waals surface area contributed by atoms with Crippen molar-refractivity contribution in [3.05, 3.63) is 24.3 Å². The zero-order valence-electron chi connectivity index (χ0n) is 50.8. The van der Waals surface area contributed by atoms with Crippen molar-refractivity contribution in [1.82, 2.24) is 5.32 Å². The van der Waals surface area contributed by atoms with Crippen LogP contribution in [0.25, 0.3) is 0 Å². The first kappa shape index (κ1) is 73.3. The average Bonchev–Trinajstić information content (AvgIpc) is 3.41. The summed E-state index contributed by atoms with van der Waals surface area (Å²) in [6, 6.07) is -0.537. The molecule has 0 saturated heterocycles.